The second-order valence-electron chi connectivity index (χ2n) is 6.67. The van der Waals surface area contributed by atoms with E-state index in [1.165, 1.54) is 5.56 Å². The summed E-state index contributed by atoms with van der Waals surface area (Å²) in [5, 5.41) is 11.3. The molecule has 1 aromatic carbocycles. The van der Waals surface area contributed by atoms with Crippen molar-refractivity contribution in [1.82, 2.24) is 20.1 Å². The van der Waals surface area contributed by atoms with Gasteiger partial charge in [-0.2, -0.15) is 10.1 Å². The van der Waals surface area contributed by atoms with Crippen molar-refractivity contribution in [3.05, 3.63) is 72.3 Å². The fourth-order valence-electron chi connectivity index (χ4n) is 3.16. The molecule has 4 rings (SSSR count). The zero-order valence-corrected chi connectivity index (χ0v) is 15.7. The van der Waals surface area contributed by atoms with Gasteiger partial charge in [-0.05, 0) is 17.7 Å². The molecule has 144 valence electrons. The number of rotatable bonds is 7. The Morgan fingerprint density at radius 3 is 2.68 bits per heavy atom. The maximum atomic E-state index is 5.31. The lowest BCUT2D eigenvalue weighted by Gasteiger charge is -2.34. The van der Waals surface area contributed by atoms with Crippen molar-refractivity contribution in [2.24, 2.45) is 0 Å². The molecule has 0 atom stereocenters. The molecule has 0 radical (unpaired) electrons. The lowest BCUT2D eigenvalue weighted by atomic mass is 10.2. The minimum atomic E-state index is 0.516. The number of hydrogen-bond acceptors (Lipinski definition) is 7. The molecule has 1 aliphatic rings. The zero-order chi connectivity index (χ0) is 19.0. The fourth-order valence-corrected chi connectivity index (χ4v) is 3.16. The Morgan fingerprint density at radius 1 is 1.04 bits per heavy atom. The van der Waals surface area contributed by atoms with E-state index in [0.29, 0.717) is 12.5 Å². The number of furan rings is 1. The molecule has 7 heteroatoms. The van der Waals surface area contributed by atoms with Crippen molar-refractivity contribution in [1.29, 1.82) is 0 Å². The third kappa shape index (κ3) is 4.95. The number of nitrogens with zero attached hydrogens (tertiary/aromatic N) is 5. The van der Waals surface area contributed by atoms with Gasteiger partial charge in [-0.3, -0.25) is 4.90 Å². The normalized spacial score (nSPS) is 15.2. The monoisotopic (exact) mass is 376 g/mol. The highest BCUT2D eigenvalue weighted by molar-refractivity contribution is 5.48. The van der Waals surface area contributed by atoms with Gasteiger partial charge in [0.05, 0.1) is 19.0 Å². The van der Waals surface area contributed by atoms with Crippen molar-refractivity contribution in [3.8, 4) is 0 Å². The highest BCUT2D eigenvalue weighted by atomic mass is 16.3. The second kappa shape index (κ2) is 9.14. The lowest BCUT2D eigenvalue weighted by molar-refractivity contribution is 0.283. The van der Waals surface area contributed by atoms with E-state index in [1.54, 1.807) is 12.5 Å². The third-order valence-electron chi connectivity index (χ3n) is 4.72. The summed E-state index contributed by atoms with van der Waals surface area (Å²) in [6.45, 7) is 5.35. The van der Waals surface area contributed by atoms with Gasteiger partial charge in [-0.15, -0.1) is 5.10 Å². The van der Waals surface area contributed by atoms with E-state index < -0.39 is 0 Å². The van der Waals surface area contributed by atoms with Crippen LogP contribution in [0.5, 0.6) is 0 Å². The largest absolute Gasteiger partial charge is 0.467 e. The highest BCUT2D eigenvalue weighted by Crippen LogP contribution is 2.14. The Balaban J connectivity index is 1.26. The molecule has 28 heavy (non-hydrogen) atoms. The summed E-state index contributed by atoms with van der Waals surface area (Å²) in [6, 6.07) is 14.2. The van der Waals surface area contributed by atoms with Gasteiger partial charge in [-0.25, -0.2) is 0 Å². The van der Waals surface area contributed by atoms with Crippen LogP contribution < -0.4 is 10.2 Å². The molecule has 1 fully saturated rings. The summed E-state index contributed by atoms with van der Waals surface area (Å²) in [5.41, 5.74) is 1.24. The topological polar surface area (TPSA) is 70.3 Å². The summed E-state index contributed by atoms with van der Waals surface area (Å²) < 4.78 is 5.31. The first-order valence-corrected chi connectivity index (χ1v) is 9.52. The molecule has 0 aliphatic carbocycles. The second-order valence-corrected chi connectivity index (χ2v) is 6.67. The van der Waals surface area contributed by atoms with Crippen LogP contribution in [-0.4, -0.2) is 52.8 Å². The number of benzene rings is 1. The Bertz CT molecular complexity index is 873. The summed E-state index contributed by atoms with van der Waals surface area (Å²) >= 11 is 0. The summed E-state index contributed by atoms with van der Waals surface area (Å²) in [6.07, 6.45) is 7.79. The smallest absolute Gasteiger partial charge is 0.245 e. The van der Waals surface area contributed by atoms with Crippen molar-refractivity contribution < 1.29 is 4.42 Å². The molecule has 1 N–H and O–H groups in total. The molecule has 1 aliphatic heterocycles. The Hall–Kier alpha value is -3.19. The molecule has 3 heterocycles. The molecule has 3 aromatic rings. The molecule has 0 bridgehead atoms. The number of anilines is 2. The number of aromatic nitrogens is 3. The minimum absolute atomic E-state index is 0.516. The number of hydrogen-bond donors (Lipinski definition) is 1. The Labute approximate surface area is 164 Å². The van der Waals surface area contributed by atoms with Gasteiger partial charge in [-0.1, -0.05) is 42.5 Å². The van der Waals surface area contributed by atoms with Crippen LogP contribution in [0.2, 0.25) is 0 Å². The molecule has 0 unspecified atom stereocenters. The molecule has 0 saturated carbocycles. The van der Waals surface area contributed by atoms with E-state index in [1.807, 2.05) is 18.2 Å². The summed E-state index contributed by atoms with van der Waals surface area (Å²) in [4.78, 5) is 9.29. The van der Waals surface area contributed by atoms with Crippen molar-refractivity contribution >= 4 is 17.8 Å². The zero-order valence-electron chi connectivity index (χ0n) is 15.7. The molecule has 7 nitrogen and oxygen atoms in total. The Kier molecular flexibility index (Phi) is 5.94. The van der Waals surface area contributed by atoms with Crippen LogP contribution in [0.3, 0.4) is 0 Å². The van der Waals surface area contributed by atoms with Gasteiger partial charge >= 0.3 is 0 Å². The van der Waals surface area contributed by atoms with Crippen LogP contribution in [0.15, 0.2) is 65.4 Å². The van der Waals surface area contributed by atoms with Crippen LogP contribution in [-0.2, 0) is 6.54 Å². The van der Waals surface area contributed by atoms with Crippen molar-refractivity contribution in [2.75, 3.05) is 42.9 Å². The van der Waals surface area contributed by atoms with E-state index in [0.717, 1.165) is 44.3 Å². The van der Waals surface area contributed by atoms with Gasteiger partial charge in [0.25, 0.3) is 0 Å². The highest BCUT2D eigenvalue weighted by Gasteiger charge is 2.18. The molecular formula is C21H24N6O. The number of nitrogens with one attached hydrogen (secondary N) is 1. The predicted octanol–water partition coefficient (Wildman–Crippen LogP) is 2.91. The van der Waals surface area contributed by atoms with Crippen LogP contribution in [0, 0.1) is 0 Å². The average Bonchev–Trinajstić information content (AvgIpc) is 3.28. The van der Waals surface area contributed by atoms with E-state index in [4.69, 9.17) is 4.42 Å². The van der Waals surface area contributed by atoms with Crippen LogP contribution >= 0.6 is 0 Å². The van der Waals surface area contributed by atoms with Gasteiger partial charge in [0, 0.05) is 32.7 Å². The fraction of sp³-hybridized carbons (Fsp3) is 0.286. The van der Waals surface area contributed by atoms with E-state index in [-0.39, 0.29) is 0 Å². The molecule has 2 aromatic heterocycles. The van der Waals surface area contributed by atoms with Gasteiger partial charge < -0.3 is 14.6 Å². The summed E-state index contributed by atoms with van der Waals surface area (Å²) in [5.74, 6) is 2.21. The van der Waals surface area contributed by atoms with Crippen LogP contribution in [0.4, 0.5) is 11.8 Å². The first-order valence-electron chi connectivity index (χ1n) is 9.52. The quantitative estimate of drug-likeness (QED) is 0.680. The third-order valence-corrected chi connectivity index (χ3v) is 4.72. The predicted molar refractivity (Wildman–Crippen MR) is 110 cm³/mol. The first-order chi connectivity index (χ1) is 13.9. The van der Waals surface area contributed by atoms with Gasteiger partial charge in [0.1, 0.15) is 5.76 Å². The van der Waals surface area contributed by atoms with Gasteiger partial charge in [0.2, 0.25) is 5.95 Å². The van der Waals surface area contributed by atoms with Crippen LogP contribution in [0.1, 0.15) is 11.3 Å². The van der Waals surface area contributed by atoms with E-state index in [2.05, 4.69) is 66.7 Å². The average molecular weight is 376 g/mol. The van der Waals surface area contributed by atoms with E-state index >= 15 is 0 Å². The standard InChI is InChI=1S/C21H24N6O/c1-2-6-18(7-3-1)8-4-10-26-11-13-27(14-12-26)20-17-23-25-21(24-20)22-16-19-9-5-15-28-19/h1-9,15,17H,10-14,16H2,(H,22,24,25)/b8-4+. The SMILES string of the molecule is C(=C\c1ccccc1)/CN1CCN(c2cnnc(NCc3ccco3)n2)CC1. The molecule has 0 spiro atoms. The molecule has 1 saturated heterocycles. The molecule has 0 amide bonds. The van der Waals surface area contributed by atoms with Crippen LogP contribution in [0.25, 0.3) is 6.08 Å². The van der Waals surface area contributed by atoms with Crippen molar-refractivity contribution in [3.63, 3.8) is 0 Å². The first kappa shape index (κ1) is 18.2. The van der Waals surface area contributed by atoms with E-state index in [9.17, 15) is 0 Å². The van der Waals surface area contributed by atoms with Crippen molar-refractivity contribution in [2.45, 2.75) is 6.54 Å². The maximum absolute atomic E-state index is 5.31. The lowest BCUT2D eigenvalue weighted by Crippen LogP contribution is -2.46. The maximum Gasteiger partial charge on any atom is 0.245 e. The Morgan fingerprint density at radius 2 is 1.89 bits per heavy atom. The van der Waals surface area contributed by atoms with Gasteiger partial charge in [0.15, 0.2) is 5.82 Å². The molecular weight excluding hydrogens is 352 g/mol. The number of piperazine rings is 1. The minimum Gasteiger partial charge on any atom is -0.467 e. The summed E-state index contributed by atoms with van der Waals surface area (Å²) in [7, 11) is 0.